The van der Waals surface area contributed by atoms with Crippen molar-refractivity contribution in [2.75, 3.05) is 0 Å². The van der Waals surface area contributed by atoms with Crippen LogP contribution in [0.15, 0.2) is 18.4 Å². The van der Waals surface area contributed by atoms with Gasteiger partial charge in [0.1, 0.15) is 0 Å². The van der Waals surface area contributed by atoms with Crippen LogP contribution in [0, 0.1) is 6.08 Å². The van der Waals surface area contributed by atoms with Gasteiger partial charge in [0, 0.05) is 0 Å². The van der Waals surface area contributed by atoms with E-state index >= 15 is 0 Å². The Hall–Kier alpha value is -0.650. The van der Waals surface area contributed by atoms with Crippen molar-refractivity contribution >= 4 is 6.21 Å². The van der Waals surface area contributed by atoms with Crippen LogP contribution < -0.4 is 17.4 Å². The molecular formula is C5H5ClN+. The maximum Gasteiger partial charge on any atom is 0.273 e. The number of nitrogens with one attached hydrogen (secondary N) is 1. The largest absolute Gasteiger partial charge is 1.00 e. The molecule has 0 fully saturated rings. The van der Waals surface area contributed by atoms with Crippen LogP contribution in [0.25, 0.3) is 0 Å². The highest BCUT2D eigenvalue weighted by atomic mass is 35.5. The molecule has 0 aromatic rings. The van der Waals surface area contributed by atoms with E-state index in [1.54, 1.807) is 0 Å². The first-order valence-electron chi connectivity index (χ1n) is 1.82. The Bertz CT molecular complexity index is 77.5. The summed E-state index contributed by atoms with van der Waals surface area (Å²) in [6.07, 6.45) is 10.1. The van der Waals surface area contributed by atoms with E-state index in [0.717, 1.165) is 0 Å². The highest BCUT2D eigenvalue weighted by Crippen LogP contribution is 1.65. The predicted molar refractivity (Wildman–Crippen MR) is 24.0 cm³/mol. The van der Waals surface area contributed by atoms with Crippen LogP contribution in [-0.4, -0.2) is 6.21 Å². The van der Waals surface area contributed by atoms with Crippen LogP contribution in [0.4, 0.5) is 0 Å². The van der Waals surface area contributed by atoms with Gasteiger partial charge in [-0.25, -0.2) is 0 Å². The summed E-state index contributed by atoms with van der Waals surface area (Å²) in [5.74, 6) is 0. The molecule has 0 saturated carbocycles. The molecule has 0 amide bonds. The van der Waals surface area contributed by atoms with Gasteiger partial charge < -0.3 is 12.4 Å². The summed E-state index contributed by atoms with van der Waals surface area (Å²) < 4.78 is 0. The molecule has 0 aliphatic carbocycles. The Labute approximate surface area is 48.9 Å². The van der Waals surface area contributed by atoms with Crippen molar-refractivity contribution in [1.29, 1.82) is 0 Å². The van der Waals surface area contributed by atoms with Crippen LogP contribution in [0.3, 0.4) is 0 Å². The lowest BCUT2D eigenvalue weighted by molar-refractivity contribution is -0.366. The molecule has 0 aromatic heterocycles. The van der Waals surface area contributed by atoms with Crippen LogP contribution in [-0.2, 0) is 0 Å². The molecule has 1 aliphatic heterocycles. The maximum absolute atomic E-state index is 2.86. The second-order valence-electron chi connectivity index (χ2n) is 1.00. The van der Waals surface area contributed by atoms with Crippen molar-refractivity contribution in [3.63, 3.8) is 0 Å². The van der Waals surface area contributed by atoms with Crippen LogP contribution in [0.2, 0.25) is 0 Å². The van der Waals surface area contributed by atoms with Crippen molar-refractivity contribution in [1.82, 2.24) is 0 Å². The van der Waals surface area contributed by atoms with Crippen molar-refractivity contribution in [3.05, 3.63) is 24.4 Å². The highest BCUT2D eigenvalue weighted by Gasteiger charge is 1.85. The van der Waals surface area contributed by atoms with Crippen LogP contribution in [0.1, 0.15) is 0 Å². The van der Waals surface area contributed by atoms with Gasteiger partial charge in [0.15, 0.2) is 12.2 Å². The molecule has 1 rings (SSSR count). The van der Waals surface area contributed by atoms with Crippen molar-refractivity contribution < 1.29 is 17.4 Å². The zero-order valence-corrected chi connectivity index (χ0v) is 4.44. The molecule has 1 aliphatic rings. The van der Waals surface area contributed by atoms with E-state index in [1.165, 1.54) is 0 Å². The zero-order valence-electron chi connectivity index (χ0n) is 3.69. The SMILES string of the molecule is [C+]1=CC=[NH+]C=C1.[Cl-]. The van der Waals surface area contributed by atoms with E-state index in [9.17, 15) is 0 Å². The molecule has 7 heavy (non-hydrogen) atoms. The minimum absolute atomic E-state index is 0. The van der Waals surface area contributed by atoms with E-state index in [2.05, 4.69) is 11.1 Å². The second-order valence-corrected chi connectivity index (χ2v) is 1.00. The Morgan fingerprint density at radius 2 is 2.29 bits per heavy atom. The fourth-order valence-corrected chi connectivity index (χ4v) is 0.304. The highest BCUT2D eigenvalue weighted by molar-refractivity contribution is 5.65. The van der Waals surface area contributed by atoms with Gasteiger partial charge in [0.2, 0.25) is 0 Å². The third kappa shape index (κ3) is 2.10. The molecule has 36 valence electrons. The molecule has 0 aromatic carbocycles. The van der Waals surface area contributed by atoms with E-state index in [-0.39, 0.29) is 12.4 Å². The molecule has 0 atom stereocenters. The van der Waals surface area contributed by atoms with E-state index < -0.39 is 0 Å². The van der Waals surface area contributed by atoms with Crippen molar-refractivity contribution in [2.24, 2.45) is 0 Å². The first-order valence-corrected chi connectivity index (χ1v) is 1.82. The summed E-state index contributed by atoms with van der Waals surface area (Å²) in [6.45, 7) is 0. The third-order valence-corrected chi connectivity index (χ3v) is 0.552. The molecule has 0 radical (unpaired) electrons. The van der Waals surface area contributed by atoms with Gasteiger partial charge in [-0.15, -0.1) is 4.99 Å². The predicted octanol–water partition coefficient (Wildman–Crippen LogP) is -3.97. The lowest BCUT2D eigenvalue weighted by atomic mass is 10.4. The van der Waals surface area contributed by atoms with Gasteiger partial charge in [-0.3, -0.25) is 0 Å². The van der Waals surface area contributed by atoms with Gasteiger partial charge in [0.05, 0.1) is 6.08 Å². The quantitative estimate of drug-likeness (QED) is 0.309. The van der Waals surface area contributed by atoms with Crippen LogP contribution in [0.5, 0.6) is 0 Å². The third-order valence-electron chi connectivity index (χ3n) is 0.552. The van der Waals surface area contributed by atoms with Crippen molar-refractivity contribution in [2.45, 2.75) is 0 Å². The maximum atomic E-state index is 2.86. The molecule has 1 N–H and O–H groups in total. The van der Waals surface area contributed by atoms with Gasteiger partial charge in [-0.1, -0.05) is 0 Å². The van der Waals surface area contributed by atoms with Gasteiger partial charge in [0.25, 0.3) is 12.4 Å². The molecule has 0 spiro atoms. The smallest absolute Gasteiger partial charge is 0.273 e. The summed E-state index contributed by atoms with van der Waals surface area (Å²) in [6, 6.07) is 0. The summed E-state index contributed by atoms with van der Waals surface area (Å²) in [7, 11) is 0. The fraction of sp³-hybridized carbons (Fsp3) is 0. The lowest BCUT2D eigenvalue weighted by Gasteiger charge is -1.58. The standard InChI is InChI=1S/C5H4N.ClH/c1-2-4-6-5-3-1;/h2-5H;1H/q+1;. The molecule has 0 bridgehead atoms. The lowest BCUT2D eigenvalue weighted by Crippen LogP contribution is -3.00. The van der Waals surface area contributed by atoms with Gasteiger partial charge >= 0.3 is 0 Å². The molecule has 1 heterocycles. The average molecular weight is 115 g/mol. The number of halogens is 1. The topological polar surface area (TPSA) is 14.0 Å². The average Bonchev–Trinajstić information content (AvgIpc) is 1.72. The fourth-order valence-electron chi connectivity index (χ4n) is 0.304. The minimum atomic E-state index is 0. The monoisotopic (exact) mass is 114 g/mol. The molecule has 0 saturated heterocycles. The molecular weight excluding hydrogens is 110 g/mol. The summed E-state index contributed by atoms with van der Waals surface area (Å²) in [4.78, 5) is 2.86. The normalized spacial score (nSPS) is 12.6. The van der Waals surface area contributed by atoms with E-state index in [4.69, 9.17) is 0 Å². The molecule has 1 nitrogen and oxygen atoms in total. The Morgan fingerprint density at radius 3 is 2.43 bits per heavy atom. The summed E-state index contributed by atoms with van der Waals surface area (Å²) in [5, 5.41) is 0. The number of hydrogen-bond acceptors (Lipinski definition) is 0. The zero-order chi connectivity index (χ0) is 4.24. The van der Waals surface area contributed by atoms with Crippen molar-refractivity contribution in [3.8, 4) is 0 Å². The number of hydrogen-bond donors (Lipinski definition) is 1. The summed E-state index contributed by atoms with van der Waals surface area (Å²) >= 11 is 0. The summed E-state index contributed by atoms with van der Waals surface area (Å²) in [5.41, 5.74) is 0. The first kappa shape index (κ1) is 6.35. The number of allylic oxidation sites excluding steroid dienone is 3. The molecule has 0 unspecified atom stereocenters. The van der Waals surface area contributed by atoms with E-state index in [0.29, 0.717) is 0 Å². The van der Waals surface area contributed by atoms with Gasteiger partial charge in [-0.2, -0.15) is 0 Å². The van der Waals surface area contributed by atoms with Gasteiger partial charge in [-0.05, 0) is 0 Å². The van der Waals surface area contributed by atoms with Crippen LogP contribution >= 0.6 is 0 Å². The second kappa shape index (κ2) is 3.54. The first-order chi connectivity index (χ1) is 3.00. The minimum Gasteiger partial charge on any atom is -1.00 e. The Kier molecular flexibility index (Phi) is 3.21. The molecule has 2 heteroatoms. The Balaban J connectivity index is 0.000000360. The number of rotatable bonds is 0. The van der Waals surface area contributed by atoms with E-state index in [1.807, 2.05) is 24.6 Å². The Morgan fingerprint density at radius 1 is 1.43 bits per heavy atom.